The van der Waals surface area contributed by atoms with Crippen LogP contribution in [0.5, 0.6) is 0 Å². The number of aliphatic hydroxyl groups is 1. The number of rotatable bonds is 4. The molecule has 2 N–H and O–H groups in total. The van der Waals surface area contributed by atoms with Gasteiger partial charge in [0.2, 0.25) is 0 Å². The van der Waals surface area contributed by atoms with E-state index in [2.05, 4.69) is 5.32 Å². The summed E-state index contributed by atoms with van der Waals surface area (Å²) in [6.45, 7) is 1.53. The Bertz CT molecular complexity index is 378. The lowest BCUT2D eigenvalue weighted by atomic mass is 10.1. The van der Waals surface area contributed by atoms with Crippen molar-refractivity contribution in [3.05, 3.63) is 35.4 Å². The zero-order chi connectivity index (χ0) is 12.1. The number of benzene rings is 1. The second kappa shape index (κ2) is 5.55. The lowest BCUT2D eigenvalue weighted by molar-refractivity contribution is 0.0910. The van der Waals surface area contributed by atoms with Crippen molar-refractivity contribution in [1.29, 1.82) is 0 Å². The monoisotopic (exact) mass is 229 g/mol. The molecule has 0 fully saturated rings. The van der Waals surface area contributed by atoms with E-state index in [1.165, 1.54) is 12.1 Å². The van der Waals surface area contributed by atoms with Gasteiger partial charge >= 0.3 is 0 Å². The third-order valence-corrected chi connectivity index (χ3v) is 2.24. The quantitative estimate of drug-likeness (QED) is 0.821. The fourth-order valence-electron chi connectivity index (χ4n) is 1.22. The van der Waals surface area contributed by atoms with Crippen LogP contribution in [0, 0.1) is 11.6 Å². The van der Waals surface area contributed by atoms with Crippen LogP contribution in [-0.4, -0.2) is 23.7 Å². The van der Waals surface area contributed by atoms with Gasteiger partial charge in [-0.25, -0.2) is 8.78 Å². The Balaban J connectivity index is 2.84. The molecule has 1 aromatic rings. The van der Waals surface area contributed by atoms with E-state index >= 15 is 0 Å². The maximum Gasteiger partial charge on any atom is 0.254 e. The van der Waals surface area contributed by atoms with Crippen LogP contribution in [0.25, 0.3) is 0 Å². The van der Waals surface area contributed by atoms with Crippen LogP contribution >= 0.6 is 0 Å². The number of hydrogen-bond acceptors (Lipinski definition) is 2. The standard InChI is InChI=1S/C11H13F2NO2/c1-2-7(6-15)14-11(16)8-4-3-5-9(12)10(8)13/h3-5,7,15H,2,6H2,1H3,(H,14,16). The first-order chi connectivity index (χ1) is 7.60. The largest absolute Gasteiger partial charge is 0.394 e. The van der Waals surface area contributed by atoms with Crippen molar-refractivity contribution in [2.75, 3.05) is 6.61 Å². The van der Waals surface area contributed by atoms with Crippen LogP contribution in [0.1, 0.15) is 23.7 Å². The van der Waals surface area contributed by atoms with E-state index in [0.717, 1.165) is 6.07 Å². The Morgan fingerprint density at radius 1 is 1.50 bits per heavy atom. The summed E-state index contributed by atoms with van der Waals surface area (Å²) in [6.07, 6.45) is 0.513. The van der Waals surface area contributed by atoms with Crippen molar-refractivity contribution in [1.82, 2.24) is 5.32 Å². The first-order valence-corrected chi connectivity index (χ1v) is 4.95. The number of halogens is 2. The summed E-state index contributed by atoms with van der Waals surface area (Å²) in [6, 6.07) is 2.94. The molecule has 0 aliphatic carbocycles. The number of carbonyl (C=O) groups is 1. The minimum atomic E-state index is -1.17. The summed E-state index contributed by atoms with van der Waals surface area (Å²) in [4.78, 5) is 11.5. The molecular formula is C11H13F2NO2. The molecule has 16 heavy (non-hydrogen) atoms. The van der Waals surface area contributed by atoms with Crippen LogP contribution < -0.4 is 5.32 Å². The topological polar surface area (TPSA) is 49.3 Å². The van der Waals surface area contributed by atoms with Gasteiger partial charge in [-0.2, -0.15) is 0 Å². The molecule has 0 aromatic heterocycles. The van der Waals surface area contributed by atoms with Crippen LogP contribution in [0.2, 0.25) is 0 Å². The number of carbonyl (C=O) groups excluding carboxylic acids is 1. The first kappa shape index (κ1) is 12.6. The SMILES string of the molecule is CCC(CO)NC(=O)c1cccc(F)c1F. The molecule has 1 unspecified atom stereocenters. The third kappa shape index (κ3) is 2.76. The summed E-state index contributed by atoms with van der Waals surface area (Å²) in [7, 11) is 0. The molecule has 1 rings (SSSR count). The highest BCUT2D eigenvalue weighted by atomic mass is 19.2. The van der Waals surface area contributed by atoms with Gasteiger partial charge in [-0.3, -0.25) is 4.79 Å². The Morgan fingerprint density at radius 3 is 2.75 bits per heavy atom. The van der Waals surface area contributed by atoms with Crippen molar-refractivity contribution in [3.8, 4) is 0 Å². The van der Waals surface area contributed by atoms with E-state index in [1.807, 2.05) is 0 Å². The molecule has 0 saturated heterocycles. The zero-order valence-electron chi connectivity index (χ0n) is 8.84. The number of hydrogen-bond donors (Lipinski definition) is 2. The smallest absolute Gasteiger partial charge is 0.254 e. The highest BCUT2D eigenvalue weighted by Gasteiger charge is 2.17. The highest BCUT2D eigenvalue weighted by molar-refractivity contribution is 5.94. The summed E-state index contributed by atoms with van der Waals surface area (Å²) in [5, 5.41) is 11.3. The van der Waals surface area contributed by atoms with E-state index in [0.29, 0.717) is 6.42 Å². The minimum Gasteiger partial charge on any atom is -0.394 e. The molecule has 3 nitrogen and oxygen atoms in total. The van der Waals surface area contributed by atoms with Crippen LogP contribution in [0.15, 0.2) is 18.2 Å². The number of nitrogens with one attached hydrogen (secondary N) is 1. The van der Waals surface area contributed by atoms with E-state index in [9.17, 15) is 13.6 Å². The van der Waals surface area contributed by atoms with Gasteiger partial charge in [0, 0.05) is 0 Å². The van der Waals surface area contributed by atoms with E-state index in [4.69, 9.17) is 5.11 Å². The molecule has 1 amide bonds. The van der Waals surface area contributed by atoms with E-state index in [-0.39, 0.29) is 12.2 Å². The van der Waals surface area contributed by atoms with Crippen LogP contribution in [0.3, 0.4) is 0 Å². The molecule has 0 spiro atoms. The van der Waals surface area contributed by atoms with Crippen molar-refractivity contribution in [2.45, 2.75) is 19.4 Å². The van der Waals surface area contributed by atoms with Crippen molar-refractivity contribution in [2.24, 2.45) is 0 Å². The predicted octanol–water partition coefficient (Wildman–Crippen LogP) is 1.47. The van der Waals surface area contributed by atoms with Crippen molar-refractivity contribution >= 4 is 5.91 Å². The van der Waals surface area contributed by atoms with Gasteiger partial charge in [0.15, 0.2) is 11.6 Å². The van der Waals surface area contributed by atoms with Gasteiger partial charge in [-0.1, -0.05) is 13.0 Å². The Morgan fingerprint density at radius 2 is 2.19 bits per heavy atom. The second-order valence-electron chi connectivity index (χ2n) is 3.36. The maximum absolute atomic E-state index is 13.2. The third-order valence-electron chi connectivity index (χ3n) is 2.24. The number of amides is 1. The molecule has 0 saturated carbocycles. The Labute approximate surface area is 92.1 Å². The molecule has 0 aliphatic rings. The summed E-state index contributed by atoms with van der Waals surface area (Å²) >= 11 is 0. The lowest BCUT2D eigenvalue weighted by Crippen LogP contribution is -2.37. The summed E-state index contributed by atoms with van der Waals surface area (Å²) < 4.78 is 26.0. The van der Waals surface area contributed by atoms with Gasteiger partial charge in [-0.05, 0) is 18.6 Å². The zero-order valence-corrected chi connectivity index (χ0v) is 8.84. The van der Waals surface area contributed by atoms with Gasteiger partial charge < -0.3 is 10.4 Å². The average molecular weight is 229 g/mol. The summed E-state index contributed by atoms with van der Waals surface area (Å²) in [5.41, 5.74) is -0.355. The molecule has 0 aliphatic heterocycles. The molecule has 1 aromatic carbocycles. The Kier molecular flexibility index (Phi) is 4.37. The predicted molar refractivity (Wildman–Crippen MR) is 55.0 cm³/mol. The summed E-state index contributed by atoms with van der Waals surface area (Å²) in [5.74, 6) is -2.96. The fraction of sp³-hybridized carbons (Fsp3) is 0.364. The normalized spacial score (nSPS) is 12.2. The van der Waals surface area contributed by atoms with Crippen molar-refractivity contribution in [3.63, 3.8) is 0 Å². The lowest BCUT2D eigenvalue weighted by Gasteiger charge is -2.14. The second-order valence-corrected chi connectivity index (χ2v) is 3.36. The van der Waals surface area contributed by atoms with Crippen molar-refractivity contribution < 1.29 is 18.7 Å². The van der Waals surface area contributed by atoms with Crippen LogP contribution in [0.4, 0.5) is 8.78 Å². The van der Waals surface area contributed by atoms with Crippen LogP contribution in [-0.2, 0) is 0 Å². The van der Waals surface area contributed by atoms with Gasteiger partial charge in [0.1, 0.15) is 0 Å². The molecule has 0 heterocycles. The average Bonchev–Trinajstić information content (AvgIpc) is 2.29. The van der Waals surface area contributed by atoms with Gasteiger partial charge in [-0.15, -0.1) is 0 Å². The molecular weight excluding hydrogens is 216 g/mol. The molecule has 5 heteroatoms. The Hall–Kier alpha value is -1.49. The number of aliphatic hydroxyl groups excluding tert-OH is 1. The van der Waals surface area contributed by atoms with Gasteiger partial charge in [0.25, 0.3) is 5.91 Å². The van der Waals surface area contributed by atoms with Gasteiger partial charge in [0.05, 0.1) is 18.2 Å². The van der Waals surface area contributed by atoms with E-state index in [1.54, 1.807) is 6.92 Å². The first-order valence-electron chi connectivity index (χ1n) is 4.95. The highest BCUT2D eigenvalue weighted by Crippen LogP contribution is 2.11. The molecule has 1 atom stereocenters. The molecule has 88 valence electrons. The fourth-order valence-corrected chi connectivity index (χ4v) is 1.22. The molecule has 0 bridgehead atoms. The molecule has 0 radical (unpaired) electrons. The maximum atomic E-state index is 13.2. The minimum absolute atomic E-state index is 0.237. The van der Waals surface area contributed by atoms with E-state index < -0.39 is 23.6 Å².